The Morgan fingerprint density at radius 1 is 0.641 bits per heavy atom. The van der Waals surface area contributed by atoms with Crippen LogP contribution in [0.25, 0.3) is 0 Å². The quantitative estimate of drug-likeness (QED) is 0.195. The van der Waals surface area contributed by atoms with Gasteiger partial charge in [-0.1, -0.05) is 36.4 Å². The first-order chi connectivity index (χ1) is 19.0. The SMILES string of the molecule is C=CCC1(CC=C)CC2(CC(CC=C)(CC=C)c3ccc(OCC4CO4)cc32)c2cc(OCC3CO3)ccc21. The number of allylic oxidation sites excluding steroid dienone is 4. The van der Waals surface area contributed by atoms with Crippen LogP contribution in [0.15, 0.2) is 87.0 Å². The van der Waals surface area contributed by atoms with E-state index >= 15 is 0 Å². The summed E-state index contributed by atoms with van der Waals surface area (Å²) in [4.78, 5) is 0. The lowest BCUT2D eigenvalue weighted by Crippen LogP contribution is -2.31. The largest absolute Gasteiger partial charge is 0.491 e. The Morgan fingerprint density at radius 2 is 1.03 bits per heavy atom. The molecule has 1 spiro atoms. The molecule has 2 aromatic carbocycles. The summed E-state index contributed by atoms with van der Waals surface area (Å²) in [5.74, 6) is 1.81. The van der Waals surface area contributed by atoms with Crippen LogP contribution in [0.3, 0.4) is 0 Å². The average Bonchev–Trinajstić information content (AvgIpc) is 3.86. The van der Waals surface area contributed by atoms with E-state index in [1.807, 2.05) is 0 Å². The lowest BCUT2D eigenvalue weighted by Gasteiger charge is -2.35. The summed E-state index contributed by atoms with van der Waals surface area (Å²) in [7, 11) is 0. The second-order valence-corrected chi connectivity index (χ2v) is 11.9. The zero-order valence-electron chi connectivity index (χ0n) is 23.0. The van der Waals surface area contributed by atoms with E-state index in [2.05, 4.69) is 87.0 Å². The van der Waals surface area contributed by atoms with Crippen LogP contribution in [-0.2, 0) is 25.7 Å². The first-order valence-corrected chi connectivity index (χ1v) is 14.2. The van der Waals surface area contributed by atoms with Gasteiger partial charge in [0.15, 0.2) is 0 Å². The molecule has 2 heterocycles. The van der Waals surface area contributed by atoms with E-state index in [4.69, 9.17) is 18.9 Å². The predicted molar refractivity (Wildman–Crippen MR) is 156 cm³/mol. The maximum absolute atomic E-state index is 6.24. The van der Waals surface area contributed by atoms with Crippen LogP contribution in [0.1, 0.15) is 60.8 Å². The molecule has 4 nitrogen and oxygen atoms in total. The van der Waals surface area contributed by atoms with E-state index in [0.29, 0.717) is 13.2 Å². The number of benzene rings is 2. The summed E-state index contributed by atoms with van der Waals surface area (Å²) in [6.45, 7) is 19.4. The highest BCUT2D eigenvalue weighted by atomic mass is 16.6. The van der Waals surface area contributed by atoms with Crippen LogP contribution in [-0.4, -0.2) is 38.6 Å². The molecule has 0 bridgehead atoms. The standard InChI is InChI=1S/C35H40O4/c1-5-13-33(14-6-2)23-35(31-17-25(9-11-29(31)33)36-19-27-21-38-27)24-34(15-7-3,16-8-4)30-12-10-26(18-32(30)35)37-20-28-22-39-28/h5-12,17-18,27-28H,1-4,13-16,19-24H2. The van der Waals surface area contributed by atoms with E-state index in [1.54, 1.807) is 0 Å². The van der Waals surface area contributed by atoms with Crippen LogP contribution in [0.2, 0.25) is 0 Å². The molecule has 0 aromatic heterocycles. The molecule has 2 atom stereocenters. The third kappa shape index (κ3) is 4.58. The van der Waals surface area contributed by atoms with Crippen molar-refractivity contribution < 1.29 is 18.9 Å². The van der Waals surface area contributed by atoms with Crippen LogP contribution < -0.4 is 9.47 Å². The summed E-state index contributed by atoms with van der Waals surface area (Å²) in [6.07, 6.45) is 14.3. The number of hydrogen-bond acceptors (Lipinski definition) is 4. The highest BCUT2D eigenvalue weighted by Gasteiger charge is 2.59. The molecule has 39 heavy (non-hydrogen) atoms. The Kier molecular flexibility index (Phi) is 6.81. The molecule has 4 heteroatoms. The van der Waals surface area contributed by atoms with Gasteiger partial charge in [0, 0.05) is 16.2 Å². The number of epoxide rings is 2. The first kappa shape index (κ1) is 26.2. The van der Waals surface area contributed by atoms with Gasteiger partial charge < -0.3 is 18.9 Å². The van der Waals surface area contributed by atoms with Gasteiger partial charge in [0.05, 0.1) is 13.2 Å². The third-order valence-electron chi connectivity index (χ3n) is 9.25. The zero-order valence-corrected chi connectivity index (χ0v) is 23.0. The fourth-order valence-electron chi connectivity index (χ4n) is 7.58. The normalized spacial score (nSPS) is 26.4. The number of fused-ring (bicyclic) bond motifs is 4. The van der Waals surface area contributed by atoms with E-state index in [-0.39, 0.29) is 28.5 Å². The zero-order chi connectivity index (χ0) is 27.1. The molecule has 2 saturated heterocycles. The average molecular weight is 525 g/mol. The summed E-state index contributed by atoms with van der Waals surface area (Å²) >= 11 is 0. The van der Waals surface area contributed by atoms with Crippen molar-refractivity contribution in [3.05, 3.63) is 109 Å². The van der Waals surface area contributed by atoms with Gasteiger partial charge in [-0.25, -0.2) is 0 Å². The van der Waals surface area contributed by atoms with Crippen LogP contribution in [0.4, 0.5) is 0 Å². The molecule has 0 saturated carbocycles. The molecule has 2 fully saturated rings. The second kappa shape index (κ2) is 10.1. The van der Waals surface area contributed by atoms with Crippen molar-refractivity contribution in [3.8, 4) is 11.5 Å². The fraction of sp³-hybridized carbons (Fsp3) is 0.429. The van der Waals surface area contributed by atoms with Crippen molar-refractivity contribution >= 4 is 0 Å². The minimum absolute atomic E-state index is 0.0780. The minimum Gasteiger partial charge on any atom is -0.491 e. The Balaban J connectivity index is 1.53. The first-order valence-electron chi connectivity index (χ1n) is 14.2. The second-order valence-electron chi connectivity index (χ2n) is 11.9. The molecule has 2 aliphatic heterocycles. The molecule has 2 aliphatic carbocycles. The molecule has 0 N–H and O–H groups in total. The third-order valence-corrected chi connectivity index (χ3v) is 9.25. The fourth-order valence-corrected chi connectivity index (χ4v) is 7.58. The van der Waals surface area contributed by atoms with Gasteiger partial charge in [-0.2, -0.15) is 0 Å². The summed E-state index contributed by atoms with van der Waals surface area (Å²) < 4.78 is 23.3. The molecule has 0 amide bonds. The Bertz CT molecular complexity index is 1160. The predicted octanol–water partition coefficient (Wildman–Crippen LogP) is 7.12. The molecule has 2 unspecified atom stereocenters. The van der Waals surface area contributed by atoms with Gasteiger partial charge in [-0.3, -0.25) is 0 Å². The summed E-state index contributed by atoms with van der Waals surface area (Å²) in [5, 5.41) is 0. The Labute approximate surface area is 233 Å². The monoisotopic (exact) mass is 524 g/mol. The van der Waals surface area contributed by atoms with Crippen molar-refractivity contribution in [2.24, 2.45) is 0 Å². The van der Waals surface area contributed by atoms with E-state index < -0.39 is 0 Å². The number of ether oxygens (including phenoxy) is 4. The maximum Gasteiger partial charge on any atom is 0.119 e. The molecule has 0 radical (unpaired) electrons. The minimum atomic E-state index is -0.201. The Hall–Kier alpha value is -3.08. The highest BCUT2D eigenvalue weighted by molar-refractivity contribution is 5.63. The van der Waals surface area contributed by atoms with Crippen molar-refractivity contribution in [1.82, 2.24) is 0 Å². The van der Waals surface area contributed by atoms with Gasteiger partial charge in [0.1, 0.15) is 36.9 Å². The number of rotatable bonds is 14. The lowest BCUT2D eigenvalue weighted by molar-refractivity contribution is 0.261. The van der Waals surface area contributed by atoms with Crippen LogP contribution >= 0.6 is 0 Å². The number of hydrogen-bond donors (Lipinski definition) is 0. The maximum atomic E-state index is 6.24. The molecular formula is C35H40O4. The molecular weight excluding hydrogens is 484 g/mol. The van der Waals surface area contributed by atoms with Gasteiger partial charge >= 0.3 is 0 Å². The molecule has 2 aromatic rings. The van der Waals surface area contributed by atoms with Crippen molar-refractivity contribution in [2.75, 3.05) is 26.4 Å². The summed E-state index contributed by atoms with van der Waals surface area (Å²) in [6, 6.07) is 13.5. The van der Waals surface area contributed by atoms with Gasteiger partial charge in [-0.15, -0.1) is 26.3 Å². The molecule has 4 aliphatic rings. The summed E-state index contributed by atoms with van der Waals surface area (Å²) in [5.41, 5.74) is 5.13. The topological polar surface area (TPSA) is 43.5 Å². The van der Waals surface area contributed by atoms with Crippen molar-refractivity contribution in [3.63, 3.8) is 0 Å². The van der Waals surface area contributed by atoms with Crippen LogP contribution in [0, 0.1) is 0 Å². The lowest BCUT2D eigenvalue weighted by atomic mass is 9.68. The van der Waals surface area contributed by atoms with Gasteiger partial charge in [-0.05, 0) is 85.0 Å². The van der Waals surface area contributed by atoms with Gasteiger partial charge in [0.25, 0.3) is 0 Å². The van der Waals surface area contributed by atoms with Crippen molar-refractivity contribution in [1.29, 1.82) is 0 Å². The molecule has 6 rings (SSSR count). The van der Waals surface area contributed by atoms with Gasteiger partial charge in [0.2, 0.25) is 0 Å². The smallest absolute Gasteiger partial charge is 0.119 e. The van der Waals surface area contributed by atoms with Crippen molar-refractivity contribution in [2.45, 2.75) is 67.0 Å². The van der Waals surface area contributed by atoms with E-state index in [0.717, 1.165) is 63.2 Å². The Morgan fingerprint density at radius 3 is 1.36 bits per heavy atom. The highest BCUT2D eigenvalue weighted by Crippen LogP contribution is 2.66. The van der Waals surface area contributed by atoms with Crippen LogP contribution in [0.5, 0.6) is 11.5 Å². The molecule has 204 valence electrons. The van der Waals surface area contributed by atoms with E-state index in [9.17, 15) is 0 Å². The van der Waals surface area contributed by atoms with E-state index in [1.165, 1.54) is 22.3 Å².